The number of hydrogen-bond donors (Lipinski definition) is 1. The van der Waals surface area contributed by atoms with E-state index in [0.717, 1.165) is 5.69 Å². The average molecular weight is 285 g/mol. The zero-order valence-electron chi connectivity index (χ0n) is 11.8. The summed E-state index contributed by atoms with van der Waals surface area (Å²) < 4.78 is 23.8. The first-order valence-corrected chi connectivity index (χ1v) is 8.28. The Balaban J connectivity index is 2.98. The summed E-state index contributed by atoms with van der Waals surface area (Å²) >= 11 is 0. The Hall–Kier alpha value is -1.07. The van der Waals surface area contributed by atoms with Crippen LogP contribution in [0.1, 0.15) is 27.2 Å². The summed E-state index contributed by atoms with van der Waals surface area (Å²) in [6.45, 7) is 6.55. The topological polar surface area (TPSA) is 57.6 Å². The number of anilines is 1. The van der Waals surface area contributed by atoms with Gasteiger partial charge >= 0.3 is 0 Å². The molecule has 0 saturated heterocycles. The molecule has 1 aromatic rings. The summed E-state index contributed by atoms with van der Waals surface area (Å²) in [4.78, 5) is 2.40. The van der Waals surface area contributed by atoms with E-state index in [2.05, 4.69) is 0 Å². The zero-order chi connectivity index (χ0) is 14.5. The van der Waals surface area contributed by atoms with Crippen LogP contribution in [0, 0.1) is 0 Å². The number of hydrogen-bond acceptors (Lipinski definition) is 4. The molecule has 0 saturated carbocycles. The molecule has 1 rings (SSSR count). The third-order valence-corrected chi connectivity index (χ3v) is 4.90. The molecule has 0 aliphatic heterocycles. The van der Waals surface area contributed by atoms with Crippen molar-refractivity contribution in [2.75, 3.05) is 23.8 Å². The summed E-state index contributed by atoms with van der Waals surface area (Å²) in [5.41, 5.74) is 0.930. The molecule has 0 aliphatic rings. The largest absolute Gasteiger partial charge is 0.395 e. The number of rotatable bonds is 7. The summed E-state index contributed by atoms with van der Waals surface area (Å²) in [6, 6.07) is 7.15. The van der Waals surface area contributed by atoms with Gasteiger partial charge in [0.2, 0.25) is 0 Å². The summed E-state index contributed by atoms with van der Waals surface area (Å²) in [5.74, 6) is 0.177. The maximum Gasteiger partial charge on any atom is 0.178 e. The van der Waals surface area contributed by atoms with E-state index >= 15 is 0 Å². The van der Waals surface area contributed by atoms with Crippen LogP contribution in [0.5, 0.6) is 0 Å². The highest BCUT2D eigenvalue weighted by atomic mass is 32.2. The second kappa shape index (κ2) is 6.91. The van der Waals surface area contributed by atoms with Crippen LogP contribution in [0.3, 0.4) is 0 Å². The van der Waals surface area contributed by atoms with Crippen molar-refractivity contribution in [3.05, 3.63) is 24.3 Å². The summed E-state index contributed by atoms with van der Waals surface area (Å²) in [6.07, 6.45) is 0.618. The molecular formula is C14H23NO3S. The van der Waals surface area contributed by atoms with E-state index in [9.17, 15) is 8.42 Å². The second-order valence-electron chi connectivity index (χ2n) is 4.82. The molecule has 0 aliphatic carbocycles. The minimum atomic E-state index is -3.15. The maximum absolute atomic E-state index is 11.9. The van der Waals surface area contributed by atoms with Crippen molar-refractivity contribution in [3.63, 3.8) is 0 Å². The third-order valence-electron chi connectivity index (χ3n) is 2.96. The number of nitrogens with zero attached hydrogens (tertiary/aromatic N) is 1. The van der Waals surface area contributed by atoms with Gasteiger partial charge in [0.1, 0.15) is 0 Å². The van der Waals surface area contributed by atoms with Crippen LogP contribution in [-0.2, 0) is 9.84 Å². The van der Waals surface area contributed by atoms with Gasteiger partial charge in [-0.1, -0.05) is 6.92 Å². The molecule has 4 nitrogen and oxygen atoms in total. The Morgan fingerprint density at radius 3 is 2.21 bits per heavy atom. The Kier molecular flexibility index (Phi) is 5.82. The summed E-state index contributed by atoms with van der Waals surface area (Å²) in [7, 11) is -3.15. The minimum absolute atomic E-state index is 0.0774. The SMILES string of the molecule is CCCS(=O)(=O)c1ccc(N(CCO)C(C)C)cc1. The average Bonchev–Trinajstić information content (AvgIpc) is 2.35. The highest BCUT2D eigenvalue weighted by molar-refractivity contribution is 7.91. The van der Waals surface area contributed by atoms with E-state index in [4.69, 9.17) is 5.11 Å². The van der Waals surface area contributed by atoms with E-state index in [0.29, 0.717) is 17.9 Å². The van der Waals surface area contributed by atoms with Crippen molar-refractivity contribution < 1.29 is 13.5 Å². The highest BCUT2D eigenvalue weighted by Crippen LogP contribution is 2.20. The molecule has 0 unspecified atom stereocenters. The quantitative estimate of drug-likeness (QED) is 0.833. The van der Waals surface area contributed by atoms with Gasteiger partial charge in [0.25, 0.3) is 0 Å². The van der Waals surface area contributed by atoms with Gasteiger partial charge in [0, 0.05) is 18.3 Å². The first-order chi connectivity index (χ1) is 8.92. The summed E-state index contributed by atoms with van der Waals surface area (Å²) in [5, 5.41) is 9.06. The van der Waals surface area contributed by atoms with Crippen LogP contribution in [0.2, 0.25) is 0 Å². The first-order valence-electron chi connectivity index (χ1n) is 6.62. The van der Waals surface area contributed by atoms with E-state index in [-0.39, 0.29) is 18.4 Å². The number of sulfone groups is 1. The van der Waals surface area contributed by atoms with E-state index in [1.54, 1.807) is 24.3 Å². The van der Waals surface area contributed by atoms with Crippen molar-refractivity contribution in [3.8, 4) is 0 Å². The van der Waals surface area contributed by atoms with Gasteiger partial charge in [-0.25, -0.2) is 8.42 Å². The molecule has 0 spiro atoms. The van der Waals surface area contributed by atoms with Gasteiger partial charge in [-0.2, -0.15) is 0 Å². The van der Waals surface area contributed by atoms with Crippen molar-refractivity contribution in [2.24, 2.45) is 0 Å². The first kappa shape index (κ1) is 16.0. The Labute approximate surface area is 116 Å². The molecule has 0 aromatic heterocycles. The molecule has 108 valence electrons. The standard InChI is InChI=1S/C14H23NO3S/c1-4-11-19(17,18)14-7-5-13(6-8-14)15(9-10-16)12(2)3/h5-8,12,16H,4,9-11H2,1-3H3. The fraction of sp³-hybridized carbons (Fsp3) is 0.571. The minimum Gasteiger partial charge on any atom is -0.395 e. The number of aliphatic hydroxyl groups excluding tert-OH is 1. The third kappa shape index (κ3) is 4.21. The van der Waals surface area contributed by atoms with Crippen LogP contribution >= 0.6 is 0 Å². The Morgan fingerprint density at radius 1 is 1.21 bits per heavy atom. The van der Waals surface area contributed by atoms with Gasteiger partial charge < -0.3 is 10.0 Å². The second-order valence-corrected chi connectivity index (χ2v) is 6.93. The van der Waals surface area contributed by atoms with Gasteiger partial charge in [-0.15, -0.1) is 0 Å². The van der Waals surface area contributed by atoms with Crippen molar-refractivity contribution in [2.45, 2.75) is 38.1 Å². The zero-order valence-corrected chi connectivity index (χ0v) is 12.7. The van der Waals surface area contributed by atoms with E-state index in [1.807, 2.05) is 25.7 Å². The molecule has 5 heteroatoms. The van der Waals surface area contributed by atoms with Gasteiger partial charge in [0.15, 0.2) is 9.84 Å². The van der Waals surface area contributed by atoms with Gasteiger partial charge in [0.05, 0.1) is 17.3 Å². The lowest BCUT2D eigenvalue weighted by molar-refractivity contribution is 0.299. The maximum atomic E-state index is 11.9. The molecule has 1 N–H and O–H groups in total. The van der Waals surface area contributed by atoms with Crippen LogP contribution in [-0.4, -0.2) is 38.5 Å². The predicted octanol–water partition coefficient (Wildman–Crippen LogP) is 2.08. The molecule has 0 atom stereocenters. The predicted molar refractivity (Wildman–Crippen MR) is 78.4 cm³/mol. The monoisotopic (exact) mass is 285 g/mol. The molecule has 19 heavy (non-hydrogen) atoms. The van der Waals surface area contributed by atoms with Crippen molar-refractivity contribution in [1.82, 2.24) is 0 Å². The smallest absolute Gasteiger partial charge is 0.178 e. The lowest BCUT2D eigenvalue weighted by Crippen LogP contribution is -2.33. The molecule has 0 fully saturated rings. The number of aliphatic hydroxyl groups is 1. The fourth-order valence-corrected chi connectivity index (χ4v) is 3.35. The lowest BCUT2D eigenvalue weighted by Gasteiger charge is -2.28. The van der Waals surface area contributed by atoms with Gasteiger partial charge in [-0.05, 0) is 44.5 Å². The Bertz CT molecular complexity index is 480. The Morgan fingerprint density at radius 2 is 1.79 bits per heavy atom. The van der Waals surface area contributed by atoms with E-state index < -0.39 is 9.84 Å². The molecule has 0 amide bonds. The number of benzene rings is 1. The van der Waals surface area contributed by atoms with Crippen LogP contribution in [0.4, 0.5) is 5.69 Å². The van der Waals surface area contributed by atoms with Crippen LogP contribution in [0.25, 0.3) is 0 Å². The molecular weight excluding hydrogens is 262 g/mol. The molecule has 1 aromatic carbocycles. The lowest BCUT2D eigenvalue weighted by atomic mass is 10.2. The van der Waals surface area contributed by atoms with E-state index in [1.165, 1.54) is 0 Å². The van der Waals surface area contributed by atoms with Crippen molar-refractivity contribution in [1.29, 1.82) is 0 Å². The normalized spacial score (nSPS) is 11.8. The van der Waals surface area contributed by atoms with Gasteiger partial charge in [-0.3, -0.25) is 0 Å². The molecule has 0 bridgehead atoms. The van der Waals surface area contributed by atoms with Crippen LogP contribution < -0.4 is 4.90 Å². The molecule has 0 radical (unpaired) electrons. The fourth-order valence-electron chi connectivity index (χ4n) is 2.02. The van der Waals surface area contributed by atoms with Crippen LogP contribution in [0.15, 0.2) is 29.2 Å². The van der Waals surface area contributed by atoms with Crippen molar-refractivity contribution >= 4 is 15.5 Å². The molecule has 0 heterocycles. The highest BCUT2D eigenvalue weighted by Gasteiger charge is 2.15.